The molecule has 0 aliphatic heterocycles. The van der Waals surface area contributed by atoms with Gasteiger partial charge in [0.1, 0.15) is 5.82 Å². The van der Waals surface area contributed by atoms with Crippen molar-refractivity contribution in [3.8, 4) is 0 Å². The fourth-order valence-electron chi connectivity index (χ4n) is 0.767. The molecule has 1 N–H and O–H groups in total. The summed E-state index contributed by atoms with van der Waals surface area (Å²) in [5.74, 6) is 1.09. The van der Waals surface area contributed by atoms with Crippen LogP contribution in [0.4, 0.5) is 4.70 Å². The summed E-state index contributed by atoms with van der Waals surface area (Å²) in [6.07, 6.45) is 4.00. The van der Waals surface area contributed by atoms with E-state index >= 15 is 0 Å². The molecule has 0 saturated carbocycles. The van der Waals surface area contributed by atoms with Gasteiger partial charge in [-0.3, -0.25) is 4.70 Å². The first-order chi connectivity index (χ1) is 4.36. The highest BCUT2D eigenvalue weighted by atomic mass is 19.0. The molecular formula is C7H13FN2. The first-order valence-electron chi connectivity index (χ1n) is 3.40. The Kier molecular flexibility index (Phi) is 3.69. The second-order valence-corrected chi connectivity index (χ2v) is 2.05. The lowest BCUT2D eigenvalue weighted by molar-refractivity contribution is 0.963. The molecule has 0 aliphatic carbocycles. The van der Waals surface area contributed by atoms with E-state index in [9.17, 15) is 0 Å². The van der Waals surface area contributed by atoms with Crippen molar-refractivity contribution < 1.29 is 4.70 Å². The fourth-order valence-corrected chi connectivity index (χ4v) is 0.767. The molecule has 10 heavy (non-hydrogen) atoms. The quantitative estimate of drug-likeness (QED) is 0.672. The van der Waals surface area contributed by atoms with Crippen molar-refractivity contribution >= 4 is 0 Å². The molecule has 1 aromatic rings. The van der Waals surface area contributed by atoms with Crippen molar-refractivity contribution in [1.29, 1.82) is 0 Å². The zero-order chi connectivity index (χ0) is 6.69. The van der Waals surface area contributed by atoms with Crippen LogP contribution >= 0.6 is 0 Å². The molecule has 0 spiro atoms. The largest absolute Gasteiger partial charge is 0.348 e. The van der Waals surface area contributed by atoms with E-state index in [1.54, 1.807) is 0 Å². The molecule has 0 bridgehead atoms. The molecule has 2 nitrogen and oxygen atoms in total. The molecule has 0 unspecified atom stereocenters. The minimum atomic E-state index is 0. The van der Waals surface area contributed by atoms with Crippen LogP contribution in [0.3, 0.4) is 0 Å². The van der Waals surface area contributed by atoms with E-state index in [2.05, 4.69) is 23.8 Å². The van der Waals surface area contributed by atoms with Crippen LogP contribution in [0.5, 0.6) is 0 Å². The lowest BCUT2D eigenvalue weighted by Gasteiger charge is -1.83. The molecule has 1 rings (SSSR count). The minimum Gasteiger partial charge on any atom is -0.348 e. The van der Waals surface area contributed by atoms with Crippen LogP contribution in [0.1, 0.15) is 25.4 Å². The summed E-state index contributed by atoms with van der Waals surface area (Å²) < 4.78 is 0. The van der Waals surface area contributed by atoms with E-state index in [1.165, 1.54) is 0 Å². The summed E-state index contributed by atoms with van der Waals surface area (Å²) in [6.45, 7) is 4.20. The van der Waals surface area contributed by atoms with E-state index < -0.39 is 0 Å². The number of rotatable bonds is 2. The van der Waals surface area contributed by atoms with E-state index in [-0.39, 0.29) is 4.70 Å². The van der Waals surface area contributed by atoms with Gasteiger partial charge in [-0.05, 0) is 6.42 Å². The predicted molar refractivity (Wildman–Crippen MR) is 39.8 cm³/mol. The number of aromatic amines is 1. The first kappa shape index (κ1) is 9.14. The highest BCUT2D eigenvalue weighted by molar-refractivity contribution is 5.00. The van der Waals surface area contributed by atoms with Gasteiger partial charge in [0.15, 0.2) is 0 Å². The number of halogens is 1. The standard InChI is InChI=1S/C7H12N2.FH/c1-3-6-5-8-7(4-2)9-6;/h5H,3-4H2,1-2H3,(H,8,9);1H. The summed E-state index contributed by atoms with van der Waals surface area (Å²) >= 11 is 0. The van der Waals surface area contributed by atoms with E-state index in [0.717, 1.165) is 24.4 Å². The lowest BCUT2D eigenvalue weighted by Crippen LogP contribution is -1.82. The van der Waals surface area contributed by atoms with Crippen molar-refractivity contribution in [3.63, 3.8) is 0 Å². The smallest absolute Gasteiger partial charge is 0.106 e. The monoisotopic (exact) mass is 144 g/mol. The van der Waals surface area contributed by atoms with Crippen LogP contribution < -0.4 is 0 Å². The zero-order valence-corrected chi connectivity index (χ0v) is 6.35. The highest BCUT2D eigenvalue weighted by Gasteiger charge is 1.93. The number of hydrogen-bond donors (Lipinski definition) is 1. The number of nitrogens with one attached hydrogen (secondary N) is 1. The fraction of sp³-hybridized carbons (Fsp3) is 0.571. The van der Waals surface area contributed by atoms with E-state index in [4.69, 9.17) is 0 Å². The van der Waals surface area contributed by atoms with Crippen LogP contribution in [0.25, 0.3) is 0 Å². The maximum Gasteiger partial charge on any atom is 0.106 e. The van der Waals surface area contributed by atoms with Gasteiger partial charge >= 0.3 is 0 Å². The Labute approximate surface area is 60.0 Å². The SMILES string of the molecule is CCc1c[nH]c(CC)n1.F. The van der Waals surface area contributed by atoms with Crippen molar-refractivity contribution in [1.82, 2.24) is 9.97 Å². The maximum absolute atomic E-state index is 4.29. The second kappa shape index (κ2) is 4.04. The Hall–Kier alpha value is -0.860. The van der Waals surface area contributed by atoms with Gasteiger partial charge in [0.25, 0.3) is 0 Å². The van der Waals surface area contributed by atoms with Crippen LogP contribution in [0, 0.1) is 0 Å². The molecule has 0 saturated heterocycles. The first-order valence-corrected chi connectivity index (χ1v) is 3.40. The van der Waals surface area contributed by atoms with Gasteiger partial charge in [0, 0.05) is 12.6 Å². The number of aromatic nitrogens is 2. The van der Waals surface area contributed by atoms with E-state index in [1.807, 2.05) is 6.20 Å². The summed E-state index contributed by atoms with van der Waals surface area (Å²) in [5, 5.41) is 0. The van der Waals surface area contributed by atoms with Gasteiger partial charge in [0.05, 0.1) is 5.69 Å². The van der Waals surface area contributed by atoms with Crippen LogP contribution in [-0.4, -0.2) is 9.97 Å². The summed E-state index contributed by atoms with van der Waals surface area (Å²) in [7, 11) is 0. The minimum absolute atomic E-state index is 0. The second-order valence-electron chi connectivity index (χ2n) is 2.05. The van der Waals surface area contributed by atoms with Crippen molar-refractivity contribution in [2.75, 3.05) is 0 Å². The predicted octanol–water partition coefficient (Wildman–Crippen LogP) is 1.69. The number of aryl methyl sites for hydroxylation is 2. The normalized spacial score (nSPS) is 9.00. The Balaban J connectivity index is 0.000000810. The van der Waals surface area contributed by atoms with Crippen molar-refractivity contribution in [3.05, 3.63) is 17.7 Å². The molecule has 0 amide bonds. The van der Waals surface area contributed by atoms with Gasteiger partial charge in [-0.1, -0.05) is 13.8 Å². The summed E-state index contributed by atoms with van der Waals surface area (Å²) in [6, 6.07) is 0. The van der Waals surface area contributed by atoms with E-state index in [0.29, 0.717) is 0 Å². The molecule has 0 fully saturated rings. The molecule has 0 aliphatic rings. The molecule has 0 radical (unpaired) electrons. The van der Waals surface area contributed by atoms with Crippen LogP contribution in [0.15, 0.2) is 6.20 Å². The maximum atomic E-state index is 4.29. The molecule has 3 heteroatoms. The topological polar surface area (TPSA) is 28.7 Å². The average molecular weight is 144 g/mol. The molecule has 58 valence electrons. The molecule has 0 atom stereocenters. The number of hydrogen-bond acceptors (Lipinski definition) is 1. The third-order valence-electron chi connectivity index (χ3n) is 1.38. The van der Waals surface area contributed by atoms with Gasteiger partial charge in [0.2, 0.25) is 0 Å². The molecule has 0 aromatic carbocycles. The Morgan fingerprint density at radius 3 is 2.40 bits per heavy atom. The average Bonchev–Trinajstić information content (AvgIpc) is 2.34. The van der Waals surface area contributed by atoms with Crippen molar-refractivity contribution in [2.24, 2.45) is 0 Å². The zero-order valence-electron chi connectivity index (χ0n) is 6.35. The Morgan fingerprint density at radius 2 is 2.10 bits per heavy atom. The highest BCUT2D eigenvalue weighted by Crippen LogP contribution is 1.96. The molecule has 1 aromatic heterocycles. The molecule has 1 heterocycles. The Bertz CT molecular complexity index is 165. The summed E-state index contributed by atoms with van der Waals surface area (Å²) in [4.78, 5) is 7.39. The Morgan fingerprint density at radius 1 is 1.40 bits per heavy atom. The van der Waals surface area contributed by atoms with Gasteiger partial charge in [-0.15, -0.1) is 0 Å². The van der Waals surface area contributed by atoms with Crippen LogP contribution in [0.2, 0.25) is 0 Å². The van der Waals surface area contributed by atoms with Crippen LogP contribution in [-0.2, 0) is 12.8 Å². The number of H-pyrrole nitrogens is 1. The summed E-state index contributed by atoms with van der Waals surface area (Å²) in [5.41, 5.74) is 1.16. The molecular weight excluding hydrogens is 131 g/mol. The van der Waals surface area contributed by atoms with Gasteiger partial charge in [-0.25, -0.2) is 4.98 Å². The lowest BCUT2D eigenvalue weighted by atomic mass is 10.4. The van der Waals surface area contributed by atoms with Gasteiger partial charge in [-0.2, -0.15) is 0 Å². The van der Waals surface area contributed by atoms with Crippen molar-refractivity contribution in [2.45, 2.75) is 26.7 Å². The van der Waals surface area contributed by atoms with Gasteiger partial charge < -0.3 is 4.98 Å². The number of nitrogens with zero attached hydrogens (tertiary/aromatic N) is 1. The number of imidazole rings is 1. The third-order valence-corrected chi connectivity index (χ3v) is 1.38. The third kappa shape index (κ3) is 1.83.